The first-order valence-corrected chi connectivity index (χ1v) is 9.87. The average Bonchev–Trinajstić information content (AvgIpc) is 2.90. The average molecular weight is 383 g/mol. The van der Waals surface area contributed by atoms with E-state index in [0.29, 0.717) is 43.2 Å². The van der Waals surface area contributed by atoms with Crippen LogP contribution in [0.1, 0.15) is 41.6 Å². The molecule has 0 radical (unpaired) electrons. The maximum Gasteiger partial charge on any atom is 0.341 e. The minimum atomic E-state index is -0.383. The molecular formula is C18H28N3O4S+. The summed E-state index contributed by atoms with van der Waals surface area (Å²) in [5, 5.41) is 3.48. The fourth-order valence-electron chi connectivity index (χ4n) is 3.22. The topological polar surface area (TPSA) is 80.2 Å². The number of ether oxygens (including phenoxy) is 1. The van der Waals surface area contributed by atoms with Gasteiger partial charge in [0.1, 0.15) is 5.00 Å². The van der Waals surface area contributed by atoms with Crippen LogP contribution < -0.4 is 10.2 Å². The third-order valence-corrected chi connectivity index (χ3v) is 5.68. The van der Waals surface area contributed by atoms with Crippen molar-refractivity contribution in [1.29, 1.82) is 0 Å². The second-order valence-electron chi connectivity index (χ2n) is 6.40. The van der Waals surface area contributed by atoms with Gasteiger partial charge in [-0.2, -0.15) is 0 Å². The second-order valence-corrected chi connectivity index (χ2v) is 7.62. The van der Waals surface area contributed by atoms with Crippen molar-refractivity contribution in [2.75, 3.05) is 44.6 Å². The predicted molar refractivity (Wildman–Crippen MR) is 101 cm³/mol. The van der Waals surface area contributed by atoms with Crippen molar-refractivity contribution in [3.63, 3.8) is 0 Å². The SMILES string of the molecule is CCOC(=O)c1c(NC(=O)C[NH+]2CCN(C(C)=O)CC2)sc(C)c1CC. The van der Waals surface area contributed by atoms with Crippen molar-refractivity contribution in [1.82, 2.24) is 4.90 Å². The molecule has 0 aliphatic carbocycles. The number of carbonyl (C=O) groups excluding carboxylic acids is 3. The summed E-state index contributed by atoms with van der Waals surface area (Å²) in [6.45, 7) is 10.7. The lowest BCUT2D eigenvalue weighted by atomic mass is 10.1. The van der Waals surface area contributed by atoms with Gasteiger partial charge in [0, 0.05) is 11.8 Å². The molecular weight excluding hydrogens is 354 g/mol. The summed E-state index contributed by atoms with van der Waals surface area (Å²) in [5.74, 6) is -0.425. The van der Waals surface area contributed by atoms with Gasteiger partial charge >= 0.3 is 5.97 Å². The van der Waals surface area contributed by atoms with Gasteiger partial charge in [0.2, 0.25) is 5.91 Å². The number of amides is 2. The number of quaternary nitrogens is 1. The number of nitrogens with zero attached hydrogens (tertiary/aromatic N) is 1. The Kier molecular flexibility index (Phi) is 7.16. The van der Waals surface area contributed by atoms with Crippen LogP contribution in [0.2, 0.25) is 0 Å². The van der Waals surface area contributed by atoms with Gasteiger partial charge in [0.25, 0.3) is 5.91 Å². The molecule has 7 nitrogen and oxygen atoms in total. The van der Waals surface area contributed by atoms with Crippen LogP contribution in [0.15, 0.2) is 0 Å². The van der Waals surface area contributed by atoms with Gasteiger partial charge in [-0.3, -0.25) is 9.59 Å². The first kappa shape index (κ1) is 20.4. The van der Waals surface area contributed by atoms with Crippen LogP contribution in [-0.2, 0) is 20.7 Å². The van der Waals surface area contributed by atoms with Gasteiger partial charge in [0.05, 0.1) is 38.3 Å². The zero-order valence-corrected chi connectivity index (χ0v) is 16.8. The number of thiophene rings is 1. The fourth-order valence-corrected chi connectivity index (χ4v) is 4.37. The molecule has 2 heterocycles. The molecule has 1 aliphatic heterocycles. The van der Waals surface area contributed by atoms with Crippen LogP contribution >= 0.6 is 11.3 Å². The van der Waals surface area contributed by atoms with Crippen LogP contribution in [0.4, 0.5) is 5.00 Å². The zero-order valence-electron chi connectivity index (χ0n) is 15.9. The first-order chi connectivity index (χ1) is 12.4. The minimum Gasteiger partial charge on any atom is -0.462 e. The lowest BCUT2D eigenvalue weighted by Crippen LogP contribution is -3.15. The van der Waals surface area contributed by atoms with E-state index in [4.69, 9.17) is 4.74 Å². The maximum absolute atomic E-state index is 12.5. The van der Waals surface area contributed by atoms with E-state index in [2.05, 4.69) is 5.32 Å². The molecule has 8 heteroatoms. The van der Waals surface area contributed by atoms with E-state index in [1.807, 2.05) is 13.8 Å². The number of nitrogens with one attached hydrogen (secondary N) is 2. The number of aryl methyl sites for hydroxylation is 1. The molecule has 2 rings (SSSR count). The van der Waals surface area contributed by atoms with Gasteiger partial charge in [-0.25, -0.2) is 4.79 Å². The Morgan fingerprint density at radius 1 is 1.23 bits per heavy atom. The summed E-state index contributed by atoms with van der Waals surface area (Å²) in [4.78, 5) is 40.1. The highest BCUT2D eigenvalue weighted by Gasteiger charge is 2.26. The normalized spacial score (nSPS) is 15.0. The summed E-state index contributed by atoms with van der Waals surface area (Å²) in [6, 6.07) is 0. The first-order valence-electron chi connectivity index (χ1n) is 9.05. The standard InChI is InChI=1S/C18H27N3O4S/c1-5-14-12(3)26-17(16(14)18(24)25-6-2)19-15(23)11-20-7-9-21(10-8-20)13(4)22/h5-11H2,1-4H3,(H,19,23)/p+1. The van der Waals surface area contributed by atoms with Gasteiger partial charge in [0.15, 0.2) is 6.54 Å². The van der Waals surface area contributed by atoms with Crippen molar-refractivity contribution in [3.8, 4) is 0 Å². The van der Waals surface area contributed by atoms with Gasteiger partial charge < -0.3 is 19.9 Å². The van der Waals surface area contributed by atoms with Crippen molar-refractivity contribution in [2.24, 2.45) is 0 Å². The van der Waals surface area contributed by atoms with E-state index >= 15 is 0 Å². The molecule has 2 N–H and O–H groups in total. The van der Waals surface area contributed by atoms with E-state index in [1.165, 1.54) is 11.3 Å². The monoisotopic (exact) mass is 382 g/mol. The Labute approximate surface area is 158 Å². The molecule has 1 aromatic heterocycles. The molecule has 0 bridgehead atoms. The Morgan fingerprint density at radius 2 is 1.88 bits per heavy atom. The third kappa shape index (κ3) is 4.82. The largest absolute Gasteiger partial charge is 0.462 e. The van der Waals surface area contributed by atoms with Gasteiger partial charge in [-0.05, 0) is 25.8 Å². The van der Waals surface area contributed by atoms with Crippen LogP contribution in [0.3, 0.4) is 0 Å². The molecule has 1 aliphatic rings. The highest BCUT2D eigenvalue weighted by Crippen LogP contribution is 2.34. The molecule has 1 fully saturated rings. The lowest BCUT2D eigenvalue weighted by Gasteiger charge is -2.31. The number of anilines is 1. The quantitative estimate of drug-likeness (QED) is 0.702. The predicted octanol–water partition coefficient (Wildman–Crippen LogP) is 0.481. The van der Waals surface area contributed by atoms with E-state index in [0.717, 1.165) is 28.4 Å². The second kappa shape index (κ2) is 9.14. The fraction of sp³-hybridized carbons (Fsp3) is 0.611. The molecule has 1 aromatic rings. The lowest BCUT2D eigenvalue weighted by molar-refractivity contribution is -0.895. The van der Waals surface area contributed by atoms with Gasteiger partial charge in [-0.1, -0.05) is 6.92 Å². The highest BCUT2D eigenvalue weighted by molar-refractivity contribution is 7.16. The van der Waals surface area contributed by atoms with Crippen LogP contribution in [0, 0.1) is 6.92 Å². The summed E-state index contributed by atoms with van der Waals surface area (Å²) < 4.78 is 5.16. The van der Waals surface area contributed by atoms with Crippen molar-refractivity contribution < 1.29 is 24.0 Å². The molecule has 26 heavy (non-hydrogen) atoms. The molecule has 0 atom stereocenters. The maximum atomic E-state index is 12.5. The molecule has 144 valence electrons. The molecule has 0 aromatic carbocycles. The molecule has 0 spiro atoms. The summed E-state index contributed by atoms with van der Waals surface area (Å²) in [5.41, 5.74) is 1.42. The Morgan fingerprint density at radius 3 is 2.42 bits per heavy atom. The summed E-state index contributed by atoms with van der Waals surface area (Å²) in [6.07, 6.45) is 0.713. The van der Waals surface area contributed by atoms with Crippen LogP contribution in [0.25, 0.3) is 0 Å². The molecule has 1 saturated heterocycles. The number of esters is 1. The van der Waals surface area contributed by atoms with Crippen LogP contribution in [-0.4, -0.2) is 62.0 Å². The number of carbonyl (C=O) groups is 3. The minimum absolute atomic E-state index is 0.0775. The van der Waals surface area contributed by atoms with Gasteiger partial charge in [-0.15, -0.1) is 11.3 Å². The number of rotatable bonds is 6. The summed E-state index contributed by atoms with van der Waals surface area (Å²) in [7, 11) is 0. The Bertz CT molecular complexity index is 678. The number of piperazine rings is 1. The van der Waals surface area contributed by atoms with Crippen molar-refractivity contribution in [3.05, 3.63) is 16.0 Å². The molecule has 0 saturated carbocycles. The molecule has 2 amide bonds. The van der Waals surface area contributed by atoms with Crippen LogP contribution in [0.5, 0.6) is 0 Å². The Balaban J connectivity index is 2.03. The molecule has 0 unspecified atom stereocenters. The summed E-state index contributed by atoms with van der Waals surface area (Å²) >= 11 is 1.42. The van der Waals surface area contributed by atoms with Crippen molar-refractivity contribution >= 4 is 34.1 Å². The van der Waals surface area contributed by atoms with E-state index in [-0.39, 0.29) is 17.8 Å². The van der Waals surface area contributed by atoms with E-state index < -0.39 is 0 Å². The van der Waals surface area contributed by atoms with Crippen molar-refractivity contribution in [2.45, 2.75) is 34.1 Å². The zero-order chi connectivity index (χ0) is 19.3. The van der Waals surface area contributed by atoms with E-state index in [9.17, 15) is 14.4 Å². The highest BCUT2D eigenvalue weighted by atomic mass is 32.1. The number of hydrogen-bond acceptors (Lipinski definition) is 5. The smallest absolute Gasteiger partial charge is 0.341 e. The third-order valence-electron chi connectivity index (χ3n) is 4.62. The number of hydrogen-bond donors (Lipinski definition) is 2. The Hall–Kier alpha value is -1.93. The van der Waals surface area contributed by atoms with E-state index in [1.54, 1.807) is 18.7 Å².